The topological polar surface area (TPSA) is 46.5 Å². The first-order valence-electron chi connectivity index (χ1n) is 6.17. The molecule has 0 spiro atoms. The van der Waals surface area contributed by atoms with Crippen molar-refractivity contribution in [2.24, 2.45) is 0 Å². The maximum Gasteiger partial charge on any atom is 0.426 e. The summed E-state index contributed by atoms with van der Waals surface area (Å²) in [6.45, 7) is 7.63. The highest BCUT2D eigenvalue weighted by Crippen LogP contribution is 2.44. The minimum atomic E-state index is -5.11. The van der Waals surface area contributed by atoms with Gasteiger partial charge >= 0.3 is 12.1 Å². The summed E-state index contributed by atoms with van der Waals surface area (Å²) in [6, 6.07) is 6.30. The zero-order valence-corrected chi connectivity index (χ0v) is 12.0. The average molecular weight is 302 g/mol. The zero-order valence-electron chi connectivity index (χ0n) is 12.0. The van der Waals surface area contributed by atoms with Crippen LogP contribution in [-0.2, 0) is 15.1 Å². The summed E-state index contributed by atoms with van der Waals surface area (Å²) >= 11 is 0. The van der Waals surface area contributed by atoms with E-state index in [9.17, 15) is 23.1 Å². The van der Waals surface area contributed by atoms with Crippen LogP contribution in [0, 0.1) is 0 Å². The molecule has 1 rings (SSSR count). The molecule has 1 unspecified atom stereocenters. The van der Waals surface area contributed by atoms with E-state index in [1.165, 1.54) is 39.0 Å². The maximum atomic E-state index is 13.3. The van der Waals surface area contributed by atoms with Gasteiger partial charge in [-0.25, -0.2) is 4.79 Å². The molecule has 1 N–H and O–H groups in total. The van der Waals surface area contributed by atoms with E-state index in [4.69, 9.17) is 4.74 Å². The van der Waals surface area contributed by atoms with Gasteiger partial charge in [-0.1, -0.05) is 36.9 Å². The van der Waals surface area contributed by atoms with Gasteiger partial charge in [-0.2, -0.15) is 13.2 Å². The first-order valence-corrected chi connectivity index (χ1v) is 6.17. The van der Waals surface area contributed by atoms with Crippen LogP contribution < -0.4 is 0 Å². The quantitative estimate of drug-likeness (QED) is 0.688. The summed E-state index contributed by atoms with van der Waals surface area (Å²) in [5.74, 6) is -1.30. The Labute approximate surface area is 121 Å². The van der Waals surface area contributed by atoms with E-state index in [1.54, 1.807) is 0 Å². The molecular formula is C15H17F3O3. The van der Waals surface area contributed by atoms with Gasteiger partial charge in [0, 0.05) is 0 Å². The molecule has 1 aromatic rings. The molecule has 1 aromatic carbocycles. The van der Waals surface area contributed by atoms with Crippen LogP contribution in [0.5, 0.6) is 0 Å². The molecule has 116 valence electrons. The Balaban J connectivity index is 3.28. The monoisotopic (exact) mass is 302 g/mol. The molecule has 1 atom stereocenters. The van der Waals surface area contributed by atoms with Crippen LogP contribution >= 0.6 is 0 Å². The van der Waals surface area contributed by atoms with E-state index in [0.717, 1.165) is 12.1 Å². The lowest BCUT2D eigenvalue weighted by atomic mass is 9.86. The molecule has 0 aliphatic carbocycles. The van der Waals surface area contributed by atoms with Gasteiger partial charge in [-0.3, -0.25) is 0 Å². The van der Waals surface area contributed by atoms with Crippen LogP contribution in [0.25, 0.3) is 0 Å². The summed E-state index contributed by atoms with van der Waals surface area (Å²) in [4.78, 5) is 11.8. The first-order chi connectivity index (χ1) is 9.39. The second-order valence-corrected chi connectivity index (χ2v) is 5.55. The Kier molecular flexibility index (Phi) is 4.53. The fourth-order valence-electron chi connectivity index (χ4n) is 1.68. The maximum absolute atomic E-state index is 13.3. The van der Waals surface area contributed by atoms with E-state index >= 15 is 0 Å². The van der Waals surface area contributed by atoms with Crippen molar-refractivity contribution in [1.29, 1.82) is 0 Å². The van der Waals surface area contributed by atoms with Gasteiger partial charge in [-0.05, 0) is 26.3 Å². The number of aliphatic hydroxyl groups is 1. The fraction of sp³-hybridized carbons (Fsp3) is 0.400. The number of ether oxygens (including phenoxy) is 1. The third kappa shape index (κ3) is 3.64. The Morgan fingerprint density at radius 2 is 1.62 bits per heavy atom. The van der Waals surface area contributed by atoms with E-state index in [-0.39, 0.29) is 0 Å². The highest BCUT2D eigenvalue weighted by Gasteiger charge is 2.59. The number of rotatable bonds is 3. The molecule has 0 fully saturated rings. The van der Waals surface area contributed by atoms with E-state index < -0.39 is 34.5 Å². The Bertz CT molecular complexity index is 529. The van der Waals surface area contributed by atoms with Crippen LogP contribution in [0.4, 0.5) is 13.2 Å². The number of hydrogen-bond donors (Lipinski definition) is 1. The van der Waals surface area contributed by atoms with Crippen molar-refractivity contribution in [2.45, 2.75) is 38.1 Å². The smallest absolute Gasteiger partial charge is 0.426 e. The Hall–Kier alpha value is -1.82. The number of esters is 1. The summed E-state index contributed by atoms with van der Waals surface area (Å²) in [5.41, 5.74) is -6.05. The molecule has 21 heavy (non-hydrogen) atoms. The van der Waals surface area contributed by atoms with E-state index in [2.05, 4.69) is 6.58 Å². The standard InChI is InChI=1S/C15H17F3O3/c1-10(12(19)21-13(2,3)4)14(20,15(16,17)18)11-8-6-5-7-9-11/h5-9,20H,1H2,2-4H3. The minimum absolute atomic E-state index is 0.492. The van der Waals surface area contributed by atoms with Gasteiger partial charge in [0.2, 0.25) is 5.60 Å². The molecule has 0 aromatic heterocycles. The van der Waals surface area contributed by atoms with Crippen molar-refractivity contribution < 1.29 is 27.8 Å². The number of halogens is 3. The molecule has 0 aliphatic rings. The molecule has 0 aliphatic heterocycles. The van der Waals surface area contributed by atoms with Gasteiger partial charge in [0.15, 0.2) is 0 Å². The number of carbonyl (C=O) groups excluding carboxylic acids is 1. The van der Waals surface area contributed by atoms with Crippen LogP contribution in [0.15, 0.2) is 42.5 Å². The third-order valence-electron chi connectivity index (χ3n) is 2.68. The number of hydrogen-bond acceptors (Lipinski definition) is 3. The summed E-state index contributed by atoms with van der Waals surface area (Å²) in [5, 5.41) is 10.1. The molecule has 0 radical (unpaired) electrons. The molecule has 0 heterocycles. The van der Waals surface area contributed by atoms with Crippen LogP contribution in [-0.4, -0.2) is 22.9 Å². The molecular weight excluding hydrogens is 285 g/mol. The van der Waals surface area contributed by atoms with E-state index in [1.807, 2.05) is 0 Å². The van der Waals surface area contributed by atoms with Crippen molar-refractivity contribution in [3.8, 4) is 0 Å². The second-order valence-electron chi connectivity index (χ2n) is 5.55. The Morgan fingerprint density at radius 3 is 2.00 bits per heavy atom. The Morgan fingerprint density at radius 1 is 1.14 bits per heavy atom. The average Bonchev–Trinajstić information content (AvgIpc) is 2.34. The van der Waals surface area contributed by atoms with E-state index in [0.29, 0.717) is 0 Å². The van der Waals surface area contributed by atoms with Crippen molar-refractivity contribution in [3.63, 3.8) is 0 Å². The van der Waals surface area contributed by atoms with Crippen molar-refractivity contribution in [3.05, 3.63) is 48.0 Å². The van der Waals surface area contributed by atoms with Crippen LogP contribution in [0.2, 0.25) is 0 Å². The molecule has 0 saturated heterocycles. The summed E-state index contributed by atoms with van der Waals surface area (Å²) in [7, 11) is 0. The summed E-state index contributed by atoms with van der Waals surface area (Å²) in [6.07, 6.45) is -5.11. The van der Waals surface area contributed by atoms with Gasteiger partial charge in [0.25, 0.3) is 0 Å². The number of alkyl halides is 3. The molecule has 0 amide bonds. The lowest BCUT2D eigenvalue weighted by molar-refractivity contribution is -0.251. The van der Waals surface area contributed by atoms with Crippen LogP contribution in [0.1, 0.15) is 26.3 Å². The second kappa shape index (κ2) is 5.52. The third-order valence-corrected chi connectivity index (χ3v) is 2.68. The first kappa shape index (κ1) is 17.2. The highest BCUT2D eigenvalue weighted by atomic mass is 19.4. The fourth-order valence-corrected chi connectivity index (χ4v) is 1.68. The highest BCUT2D eigenvalue weighted by molar-refractivity contribution is 5.90. The van der Waals surface area contributed by atoms with Crippen LogP contribution in [0.3, 0.4) is 0 Å². The SMILES string of the molecule is C=C(C(=O)OC(C)(C)C)C(O)(c1ccccc1)C(F)(F)F. The predicted molar refractivity (Wildman–Crippen MR) is 71.4 cm³/mol. The van der Waals surface area contributed by atoms with Crippen molar-refractivity contribution >= 4 is 5.97 Å². The summed E-state index contributed by atoms with van der Waals surface area (Å²) < 4.78 is 44.8. The van der Waals surface area contributed by atoms with Gasteiger partial charge in [-0.15, -0.1) is 0 Å². The van der Waals surface area contributed by atoms with Crippen molar-refractivity contribution in [1.82, 2.24) is 0 Å². The molecule has 3 nitrogen and oxygen atoms in total. The lowest BCUT2D eigenvalue weighted by Crippen LogP contribution is -2.47. The van der Waals surface area contributed by atoms with Gasteiger partial charge in [0.05, 0.1) is 5.57 Å². The van der Waals surface area contributed by atoms with Gasteiger partial charge < -0.3 is 9.84 Å². The minimum Gasteiger partial charge on any atom is -0.457 e. The number of benzene rings is 1. The molecule has 6 heteroatoms. The predicted octanol–water partition coefficient (Wildman–Crippen LogP) is 3.33. The van der Waals surface area contributed by atoms with Gasteiger partial charge in [0.1, 0.15) is 5.60 Å². The lowest BCUT2D eigenvalue weighted by Gasteiger charge is -2.33. The largest absolute Gasteiger partial charge is 0.457 e. The number of carbonyl (C=O) groups is 1. The normalized spacial score (nSPS) is 15.2. The zero-order chi connectivity index (χ0) is 16.5. The molecule has 0 bridgehead atoms. The molecule has 0 saturated carbocycles. The van der Waals surface area contributed by atoms with Crippen molar-refractivity contribution in [2.75, 3.05) is 0 Å².